The first-order chi connectivity index (χ1) is 12.5. The summed E-state index contributed by atoms with van der Waals surface area (Å²) in [7, 11) is -3.27. The number of nitrogen functional groups attached to an aromatic ring is 1. The number of carbonyl (C=O) groups is 1. The van der Waals surface area contributed by atoms with Crippen molar-refractivity contribution in [1.82, 2.24) is 0 Å². The Morgan fingerprint density at radius 2 is 1.85 bits per heavy atom. The number of carbonyl (C=O) groups excluding carboxylic acids is 1. The van der Waals surface area contributed by atoms with Crippen molar-refractivity contribution in [1.29, 1.82) is 0 Å². The number of benzene rings is 2. The van der Waals surface area contributed by atoms with Crippen LogP contribution in [0.3, 0.4) is 0 Å². The lowest BCUT2D eigenvalue weighted by molar-refractivity contribution is 0.0985. The fourth-order valence-corrected chi connectivity index (χ4v) is 5.30. The molecule has 4 rings (SSSR count). The Hall–Kier alpha value is -2.54. The van der Waals surface area contributed by atoms with E-state index in [4.69, 9.17) is 5.73 Å². The minimum absolute atomic E-state index is 0.130. The molecule has 0 saturated carbocycles. The molecule has 26 heavy (non-hydrogen) atoms. The molecule has 2 aromatic rings. The molecule has 1 amide bonds. The van der Waals surface area contributed by atoms with E-state index in [9.17, 15) is 13.2 Å². The molecule has 6 nitrogen and oxygen atoms in total. The van der Waals surface area contributed by atoms with Crippen LogP contribution < -0.4 is 14.9 Å². The van der Waals surface area contributed by atoms with E-state index in [1.165, 1.54) is 4.31 Å². The third kappa shape index (κ3) is 2.82. The number of rotatable bonds is 2. The zero-order chi connectivity index (χ0) is 18.3. The maximum Gasteiger partial charge on any atom is 0.258 e. The van der Waals surface area contributed by atoms with E-state index in [-0.39, 0.29) is 11.7 Å². The van der Waals surface area contributed by atoms with Gasteiger partial charge >= 0.3 is 0 Å². The van der Waals surface area contributed by atoms with Gasteiger partial charge in [-0.1, -0.05) is 12.1 Å². The summed E-state index contributed by atoms with van der Waals surface area (Å²) in [6, 6.07) is 12.5. The SMILES string of the molecule is Nc1cccc2c1CCCN2C(=O)c1cccc(N2CCCS2(=O)=O)c1. The molecule has 136 valence electrons. The summed E-state index contributed by atoms with van der Waals surface area (Å²) in [5.74, 6) is 0.0271. The topological polar surface area (TPSA) is 83.7 Å². The lowest BCUT2D eigenvalue weighted by Gasteiger charge is -2.30. The zero-order valence-electron chi connectivity index (χ0n) is 14.4. The van der Waals surface area contributed by atoms with Crippen LogP contribution in [-0.2, 0) is 16.4 Å². The molecule has 0 atom stereocenters. The van der Waals surface area contributed by atoms with E-state index in [1.54, 1.807) is 29.2 Å². The molecular formula is C19H21N3O3S. The predicted molar refractivity (Wildman–Crippen MR) is 103 cm³/mol. The number of hydrogen-bond donors (Lipinski definition) is 1. The highest BCUT2D eigenvalue weighted by Gasteiger charge is 2.30. The standard InChI is InChI=1S/C19H21N3O3S/c20-17-8-2-9-18-16(17)7-3-10-21(18)19(23)14-5-1-6-15(13-14)22-11-4-12-26(22,24)25/h1-2,5-6,8-9,13H,3-4,7,10-12,20H2. The average Bonchev–Trinajstić information content (AvgIpc) is 3.00. The van der Waals surface area contributed by atoms with Crippen LogP contribution in [0.5, 0.6) is 0 Å². The van der Waals surface area contributed by atoms with E-state index in [0.717, 1.165) is 24.1 Å². The Kier molecular flexibility index (Phi) is 4.11. The van der Waals surface area contributed by atoms with Crippen LogP contribution in [-0.4, -0.2) is 33.2 Å². The normalized spacial score (nSPS) is 18.6. The van der Waals surface area contributed by atoms with Gasteiger partial charge in [0.05, 0.1) is 11.4 Å². The van der Waals surface area contributed by atoms with Gasteiger partial charge in [0, 0.05) is 30.0 Å². The second-order valence-corrected chi connectivity index (χ2v) is 8.71. The van der Waals surface area contributed by atoms with Crippen LogP contribution in [0.25, 0.3) is 0 Å². The highest BCUT2D eigenvalue weighted by Crippen LogP contribution is 2.33. The molecule has 2 N–H and O–H groups in total. The first-order valence-corrected chi connectivity index (χ1v) is 10.4. The average molecular weight is 371 g/mol. The van der Waals surface area contributed by atoms with Crippen LogP contribution in [0.4, 0.5) is 17.1 Å². The minimum Gasteiger partial charge on any atom is -0.398 e. The molecule has 0 unspecified atom stereocenters. The van der Waals surface area contributed by atoms with Gasteiger partial charge in [0.1, 0.15) is 0 Å². The zero-order valence-corrected chi connectivity index (χ0v) is 15.2. The summed E-state index contributed by atoms with van der Waals surface area (Å²) < 4.78 is 25.7. The van der Waals surface area contributed by atoms with Crippen molar-refractivity contribution in [3.8, 4) is 0 Å². The van der Waals surface area contributed by atoms with Crippen LogP contribution in [0, 0.1) is 0 Å². The molecule has 0 aromatic heterocycles. The summed E-state index contributed by atoms with van der Waals surface area (Å²) in [5, 5.41) is 0. The Bertz CT molecular complexity index is 972. The van der Waals surface area contributed by atoms with E-state index < -0.39 is 10.0 Å². The van der Waals surface area contributed by atoms with Gasteiger partial charge in [0.2, 0.25) is 10.0 Å². The molecule has 7 heteroatoms. The van der Waals surface area contributed by atoms with Crippen molar-refractivity contribution >= 4 is 33.0 Å². The molecule has 2 aromatic carbocycles. The molecule has 1 fully saturated rings. The van der Waals surface area contributed by atoms with Crippen LogP contribution in [0.1, 0.15) is 28.8 Å². The quantitative estimate of drug-likeness (QED) is 0.822. The summed E-state index contributed by atoms with van der Waals surface area (Å²) in [4.78, 5) is 14.9. The molecule has 2 aliphatic rings. The molecule has 2 heterocycles. The lowest BCUT2D eigenvalue weighted by Crippen LogP contribution is -2.36. The van der Waals surface area contributed by atoms with Crippen LogP contribution in [0.2, 0.25) is 0 Å². The van der Waals surface area contributed by atoms with Gasteiger partial charge < -0.3 is 10.6 Å². The highest BCUT2D eigenvalue weighted by atomic mass is 32.2. The Balaban J connectivity index is 1.69. The third-order valence-corrected chi connectivity index (χ3v) is 6.88. The highest BCUT2D eigenvalue weighted by molar-refractivity contribution is 7.93. The predicted octanol–water partition coefficient (Wildman–Crippen LogP) is 2.40. The number of amides is 1. The molecule has 1 saturated heterocycles. The fraction of sp³-hybridized carbons (Fsp3) is 0.316. The van der Waals surface area contributed by atoms with Gasteiger partial charge in [-0.25, -0.2) is 8.42 Å². The minimum atomic E-state index is -3.27. The van der Waals surface area contributed by atoms with E-state index >= 15 is 0 Å². The molecule has 0 aliphatic carbocycles. The number of nitrogens with two attached hydrogens (primary N) is 1. The molecule has 0 radical (unpaired) electrons. The van der Waals surface area contributed by atoms with Crippen molar-refractivity contribution in [2.75, 3.05) is 33.8 Å². The number of nitrogens with zero attached hydrogens (tertiary/aromatic N) is 2. The fourth-order valence-electron chi connectivity index (χ4n) is 3.74. The number of sulfonamides is 1. The summed E-state index contributed by atoms with van der Waals surface area (Å²) in [6.07, 6.45) is 2.32. The molecular weight excluding hydrogens is 350 g/mol. The largest absolute Gasteiger partial charge is 0.398 e. The van der Waals surface area contributed by atoms with E-state index in [0.29, 0.717) is 36.4 Å². The van der Waals surface area contributed by atoms with Crippen molar-refractivity contribution in [2.45, 2.75) is 19.3 Å². The number of anilines is 3. The van der Waals surface area contributed by atoms with Crippen molar-refractivity contribution in [3.05, 3.63) is 53.6 Å². The third-order valence-electron chi connectivity index (χ3n) is 5.01. The first kappa shape index (κ1) is 16.9. The Labute approximate surface area is 153 Å². The maximum absolute atomic E-state index is 13.1. The Morgan fingerprint density at radius 1 is 1.04 bits per heavy atom. The second-order valence-electron chi connectivity index (χ2n) is 6.70. The second kappa shape index (κ2) is 6.32. The summed E-state index contributed by atoms with van der Waals surface area (Å²) in [5.41, 5.74) is 9.67. The van der Waals surface area contributed by atoms with Crippen molar-refractivity contribution in [3.63, 3.8) is 0 Å². The van der Waals surface area contributed by atoms with Crippen molar-refractivity contribution in [2.24, 2.45) is 0 Å². The maximum atomic E-state index is 13.1. The smallest absolute Gasteiger partial charge is 0.258 e. The number of hydrogen-bond acceptors (Lipinski definition) is 4. The van der Waals surface area contributed by atoms with E-state index in [1.807, 2.05) is 18.2 Å². The van der Waals surface area contributed by atoms with Gasteiger partial charge in [-0.3, -0.25) is 9.10 Å². The molecule has 0 bridgehead atoms. The number of fused-ring (bicyclic) bond motifs is 1. The lowest BCUT2D eigenvalue weighted by atomic mass is 9.99. The van der Waals surface area contributed by atoms with Crippen molar-refractivity contribution < 1.29 is 13.2 Å². The molecule has 0 spiro atoms. The van der Waals surface area contributed by atoms with Crippen LogP contribution >= 0.6 is 0 Å². The van der Waals surface area contributed by atoms with Gasteiger partial charge in [-0.05, 0) is 55.2 Å². The van der Waals surface area contributed by atoms with Gasteiger partial charge in [-0.2, -0.15) is 0 Å². The Morgan fingerprint density at radius 3 is 2.62 bits per heavy atom. The van der Waals surface area contributed by atoms with Gasteiger partial charge in [-0.15, -0.1) is 0 Å². The summed E-state index contributed by atoms with van der Waals surface area (Å²) >= 11 is 0. The van der Waals surface area contributed by atoms with E-state index in [2.05, 4.69) is 0 Å². The van der Waals surface area contributed by atoms with Crippen LogP contribution in [0.15, 0.2) is 42.5 Å². The van der Waals surface area contributed by atoms with Gasteiger partial charge in [0.25, 0.3) is 5.91 Å². The first-order valence-electron chi connectivity index (χ1n) is 8.77. The summed E-state index contributed by atoms with van der Waals surface area (Å²) in [6.45, 7) is 1.09. The monoisotopic (exact) mass is 371 g/mol. The molecule has 2 aliphatic heterocycles. The van der Waals surface area contributed by atoms with Gasteiger partial charge in [0.15, 0.2) is 0 Å².